The number of ether oxygens (including phenoxy) is 1. The molecular formula is C29H48N4O7. The molecule has 1 heterocycles. The lowest BCUT2D eigenvalue weighted by atomic mass is 9.92. The predicted octanol–water partition coefficient (Wildman–Crippen LogP) is 1.95. The van der Waals surface area contributed by atoms with E-state index in [1.54, 1.807) is 7.05 Å². The molecule has 4 atom stereocenters. The number of likely N-dealkylation sites (N-methyl/N-ethyl adjacent to an activating group) is 1. The third kappa shape index (κ3) is 9.02. The van der Waals surface area contributed by atoms with Crippen LogP contribution in [0.1, 0.15) is 92.4 Å². The normalized spacial score (nSPS) is 19.8. The molecule has 0 spiro atoms. The second kappa shape index (κ2) is 15.1. The number of carbonyl (C=O) groups is 6. The summed E-state index contributed by atoms with van der Waals surface area (Å²) in [5, 5.41) is 2.68. The molecule has 0 aromatic heterocycles. The number of hydrogen-bond donors (Lipinski definition) is 2. The van der Waals surface area contributed by atoms with Crippen molar-refractivity contribution in [2.45, 2.75) is 117 Å². The molecule has 2 fully saturated rings. The zero-order chi connectivity index (χ0) is 30.1. The highest BCUT2D eigenvalue weighted by atomic mass is 16.5. The average Bonchev–Trinajstić information content (AvgIpc) is 3.60. The molecule has 3 N–H and O–H groups in total. The first-order chi connectivity index (χ1) is 18.7. The number of Topliss-reactive ketones (excluding diaryl/α,β-unsaturated/α-hetero) is 1. The van der Waals surface area contributed by atoms with Crippen molar-refractivity contribution >= 4 is 35.4 Å². The van der Waals surface area contributed by atoms with E-state index in [2.05, 4.69) is 5.32 Å². The quantitative estimate of drug-likeness (QED) is 0.305. The SMILES string of the molecule is CC(C)C[C@H](C(=O)C(C)C)N(C)C(=O)[C@@H]1CCCN1C(=O)[C@H](C)OC(=O)[C@H](CCC(N)=O)NC(=O)C1CCCC1. The molecule has 0 radical (unpaired) electrons. The van der Waals surface area contributed by atoms with Crippen LogP contribution >= 0.6 is 0 Å². The second-order valence-electron chi connectivity index (χ2n) is 12.0. The molecule has 11 nitrogen and oxygen atoms in total. The van der Waals surface area contributed by atoms with Crippen LogP contribution in [0.5, 0.6) is 0 Å². The second-order valence-corrected chi connectivity index (χ2v) is 12.0. The van der Waals surface area contributed by atoms with Crippen LogP contribution in [0.3, 0.4) is 0 Å². The Balaban J connectivity index is 2.10. The summed E-state index contributed by atoms with van der Waals surface area (Å²) in [6.45, 7) is 9.35. The third-order valence-corrected chi connectivity index (χ3v) is 7.88. The molecule has 1 aliphatic carbocycles. The van der Waals surface area contributed by atoms with Crippen LogP contribution in [0.15, 0.2) is 0 Å². The Morgan fingerprint density at radius 3 is 2.15 bits per heavy atom. The number of esters is 1. The molecule has 2 aliphatic rings. The minimum Gasteiger partial charge on any atom is -0.451 e. The number of nitrogens with one attached hydrogen (secondary N) is 1. The van der Waals surface area contributed by atoms with E-state index in [-0.39, 0.29) is 48.2 Å². The van der Waals surface area contributed by atoms with Gasteiger partial charge in [-0.1, -0.05) is 40.5 Å². The van der Waals surface area contributed by atoms with Gasteiger partial charge in [0.25, 0.3) is 5.91 Å². The molecule has 11 heteroatoms. The molecule has 0 unspecified atom stereocenters. The number of hydrogen-bond acceptors (Lipinski definition) is 7. The van der Waals surface area contributed by atoms with Crippen molar-refractivity contribution in [3.8, 4) is 0 Å². The monoisotopic (exact) mass is 564 g/mol. The lowest BCUT2D eigenvalue weighted by Gasteiger charge is -2.34. The van der Waals surface area contributed by atoms with Crippen molar-refractivity contribution in [3.63, 3.8) is 0 Å². The molecule has 0 aromatic rings. The molecule has 1 aliphatic heterocycles. The minimum atomic E-state index is -1.21. The van der Waals surface area contributed by atoms with Crippen LogP contribution in [0.2, 0.25) is 0 Å². The van der Waals surface area contributed by atoms with E-state index < -0.39 is 42.0 Å². The van der Waals surface area contributed by atoms with Crippen LogP contribution in [0.4, 0.5) is 0 Å². The molecule has 0 aromatic carbocycles. The molecule has 4 amide bonds. The summed E-state index contributed by atoms with van der Waals surface area (Å²) in [6.07, 6.45) is 3.53. The third-order valence-electron chi connectivity index (χ3n) is 7.88. The number of rotatable bonds is 14. The van der Waals surface area contributed by atoms with Crippen molar-refractivity contribution in [3.05, 3.63) is 0 Å². The fourth-order valence-corrected chi connectivity index (χ4v) is 5.53. The average molecular weight is 565 g/mol. The Morgan fingerprint density at radius 2 is 1.60 bits per heavy atom. The summed E-state index contributed by atoms with van der Waals surface area (Å²) in [7, 11) is 1.61. The molecule has 2 rings (SSSR count). The largest absolute Gasteiger partial charge is 0.451 e. The number of carbonyl (C=O) groups excluding carboxylic acids is 6. The first kappa shape index (κ1) is 33.2. The molecule has 40 heavy (non-hydrogen) atoms. The highest BCUT2D eigenvalue weighted by molar-refractivity contribution is 5.95. The van der Waals surface area contributed by atoms with Crippen molar-refractivity contribution in [1.82, 2.24) is 15.1 Å². The first-order valence-electron chi connectivity index (χ1n) is 14.6. The molecule has 1 saturated heterocycles. The van der Waals surface area contributed by atoms with E-state index in [1.165, 1.54) is 16.7 Å². The smallest absolute Gasteiger partial charge is 0.329 e. The van der Waals surface area contributed by atoms with Crippen molar-refractivity contribution in [1.29, 1.82) is 0 Å². The van der Waals surface area contributed by atoms with Crippen molar-refractivity contribution in [2.24, 2.45) is 23.5 Å². The lowest BCUT2D eigenvalue weighted by molar-refractivity contribution is -0.163. The molecular weight excluding hydrogens is 516 g/mol. The maximum absolute atomic E-state index is 13.5. The summed E-state index contributed by atoms with van der Waals surface area (Å²) in [5.74, 6) is -2.82. The first-order valence-corrected chi connectivity index (χ1v) is 14.6. The summed E-state index contributed by atoms with van der Waals surface area (Å²) in [5.41, 5.74) is 5.26. The van der Waals surface area contributed by atoms with Gasteiger partial charge in [0, 0.05) is 31.8 Å². The van der Waals surface area contributed by atoms with E-state index in [0.29, 0.717) is 25.8 Å². The van der Waals surface area contributed by atoms with E-state index in [9.17, 15) is 28.8 Å². The maximum atomic E-state index is 13.5. The van der Waals surface area contributed by atoms with Gasteiger partial charge in [-0.3, -0.25) is 24.0 Å². The van der Waals surface area contributed by atoms with E-state index in [1.807, 2.05) is 27.7 Å². The van der Waals surface area contributed by atoms with Gasteiger partial charge in [0.05, 0.1) is 6.04 Å². The Hall–Kier alpha value is -2.98. The van der Waals surface area contributed by atoms with Crippen LogP contribution in [-0.2, 0) is 33.5 Å². The van der Waals surface area contributed by atoms with Gasteiger partial charge >= 0.3 is 5.97 Å². The van der Waals surface area contributed by atoms with Gasteiger partial charge in [0.2, 0.25) is 17.7 Å². The zero-order valence-corrected chi connectivity index (χ0v) is 24.9. The van der Waals surface area contributed by atoms with E-state index in [0.717, 1.165) is 25.7 Å². The standard InChI is InChI=1S/C29H48N4O7/c1-17(2)16-23(25(35)18(3)4)32(6)28(38)22-12-9-15-33(22)27(37)19(5)40-29(39)21(13-14-24(30)34)31-26(36)20-10-7-8-11-20/h17-23H,7-16H2,1-6H3,(H2,30,34)(H,31,36)/t19-,21-,22-,23+/m0/s1. The number of amides is 4. The maximum Gasteiger partial charge on any atom is 0.329 e. The number of primary amides is 1. The van der Waals surface area contributed by atoms with Crippen molar-refractivity contribution < 1.29 is 33.5 Å². The van der Waals surface area contributed by atoms with Gasteiger partial charge in [-0.15, -0.1) is 0 Å². The van der Waals surface area contributed by atoms with Gasteiger partial charge in [0.1, 0.15) is 12.1 Å². The number of likely N-dealkylation sites (tertiary alicyclic amines) is 1. The van der Waals surface area contributed by atoms with Gasteiger partial charge < -0.3 is 25.6 Å². The summed E-state index contributed by atoms with van der Waals surface area (Å²) in [4.78, 5) is 79.7. The Bertz CT molecular complexity index is 945. The fraction of sp³-hybridized carbons (Fsp3) is 0.793. The van der Waals surface area contributed by atoms with Gasteiger partial charge in [-0.05, 0) is 51.4 Å². The zero-order valence-electron chi connectivity index (χ0n) is 24.9. The fourth-order valence-electron chi connectivity index (χ4n) is 5.53. The predicted molar refractivity (Wildman–Crippen MR) is 148 cm³/mol. The number of ketones is 1. The van der Waals surface area contributed by atoms with E-state index in [4.69, 9.17) is 10.5 Å². The van der Waals surface area contributed by atoms with Crippen LogP contribution < -0.4 is 11.1 Å². The topological polar surface area (TPSA) is 156 Å². The molecule has 0 bridgehead atoms. The van der Waals surface area contributed by atoms with Crippen LogP contribution in [0.25, 0.3) is 0 Å². The summed E-state index contributed by atoms with van der Waals surface area (Å²) >= 11 is 0. The van der Waals surface area contributed by atoms with Gasteiger partial charge in [-0.25, -0.2) is 4.79 Å². The van der Waals surface area contributed by atoms with Crippen LogP contribution in [-0.4, -0.2) is 83.0 Å². The highest BCUT2D eigenvalue weighted by Crippen LogP contribution is 2.26. The van der Waals surface area contributed by atoms with E-state index >= 15 is 0 Å². The van der Waals surface area contributed by atoms with Gasteiger partial charge in [-0.2, -0.15) is 0 Å². The Morgan fingerprint density at radius 1 is 0.975 bits per heavy atom. The number of nitrogens with zero attached hydrogens (tertiary/aromatic N) is 2. The number of nitrogens with two attached hydrogens (primary N) is 1. The minimum absolute atomic E-state index is 0.0237. The van der Waals surface area contributed by atoms with Crippen molar-refractivity contribution in [2.75, 3.05) is 13.6 Å². The van der Waals surface area contributed by atoms with Crippen LogP contribution in [0, 0.1) is 17.8 Å². The molecule has 226 valence electrons. The molecule has 1 saturated carbocycles. The lowest BCUT2D eigenvalue weighted by Crippen LogP contribution is -2.54. The highest BCUT2D eigenvalue weighted by Gasteiger charge is 2.41. The Kier molecular flexibility index (Phi) is 12.6. The summed E-state index contributed by atoms with van der Waals surface area (Å²) in [6, 6.07) is -2.47. The summed E-state index contributed by atoms with van der Waals surface area (Å²) < 4.78 is 5.46. The Labute approximate surface area is 237 Å². The van der Waals surface area contributed by atoms with Gasteiger partial charge in [0.15, 0.2) is 11.9 Å².